The topological polar surface area (TPSA) is 47.0 Å². The SMILES string of the molecule is [2H]C1([2H])C[C@H]2N=C(c3[c-]c(Oc4[c-]c5c(cc4C)C(C)(C)c4cc(C)ccc4N5c4cc(C(C)(C)C)ccn4)cc(-c4c(C)cc(C)cc4C)c3)O[C@@]2(C)c2cc(C)c(C(C)(C)C)c(C)c21.[Pt+2]. The zero-order chi connectivity index (χ0) is 47.8. The Labute approximate surface area is 406 Å². The molecule has 0 bridgehead atoms. The fourth-order valence-corrected chi connectivity index (χ4v) is 11.0. The number of aliphatic imine (C=N–C) groups is 1. The minimum atomic E-state index is -1.60. The van der Waals surface area contributed by atoms with Crippen LogP contribution in [0.1, 0.15) is 149 Å². The van der Waals surface area contributed by atoms with E-state index in [9.17, 15) is 2.74 Å². The Morgan fingerprint density at radius 3 is 2.12 bits per heavy atom. The molecule has 0 saturated heterocycles. The van der Waals surface area contributed by atoms with Crippen LogP contribution in [0.5, 0.6) is 11.5 Å². The quantitative estimate of drug-likeness (QED) is 0.161. The number of nitrogens with zero attached hydrogens (tertiary/aromatic N) is 3. The summed E-state index contributed by atoms with van der Waals surface area (Å²) in [5.41, 5.74) is 17.4. The molecule has 6 aromatic rings. The minimum absolute atomic E-state index is 0. The molecule has 3 aliphatic rings. The summed E-state index contributed by atoms with van der Waals surface area (Å²) >= 11 is 0. The van der Waals surface area contributed by atoms with E-state index in [2.05, 4.69) is 195 Å². The fraction of sp³-hybridized carbons (Fsp3) is 0.390. The summed E-state index contributed by atoms with van der Waals surface area (Å²) in [6, 6.07) is 31.0. The maximum Gasteiger partial charge on any atom is 2.00 e. The molecule has 2 aliphatic heterocycles. The van der Waals surface area contributed by atoms with Gasteiger partial charge in [-0.2, -0.15) is 6.07 Å². The molecule has 0 radical (unpaired) electrons. The molecule has 65 heavy (non-hydrogen) atoms. The molecule has 0 saturated carbocycles. The largest absolute Gasteiger partial charge is 2.00 e. The molecule has 338 valence electrons. The van der Waals surface area contributed by atoms with Crippen LogP contribution in [0, 0.1) is 60.6 Å². The number of aryl methyl sites for hydroxylation is 6. The van der Waals surface area contributed by atoms with Crippen LogP contribution < -0.4 is 9.64 Å². The zero-order valence-electron chi connectivity index (χ0n) is 43.2. The van der Waals surface area contributed by atoms with Gasteiger partial charge in [0.2, 0.25) is 0 Å². The summed E-state index contributed by atoms with van der Waals surface area (Å²) in [7, 11) is 0. The van der Waals surface area contributed by atoms with E-state index in [1.54, 1.807) is 0 Å². The summed E-state index contributed by atoms with van der Waals surface area (Å²) < 4.78 is 33.1. The Kier molecular flexibility index (Phi) is 10.9. The molecule has 5 aromatic carbocycles. The first-order chi connectivity index (χ1) is 30.7. The summed E-state index contributed by atoms with van der Waals surface area (Å²) in [4.78, 5) is 12.5. The van der Waals surface area contributed by atoms with Crippen molar-refractivity contribution in [3.8, 4) is 22.6 Å². The molecular formula is C59H65N3O2Pt. The summed E-state index contributed by atoms with van der Waals surface area (Å²) in [6.07, 6.45) is 0.522. The van der Waals surface area contributed by atoms with Gasteiger partial charge in [0.15, 0.2) is 0 Å². The number of pyridine rings is 1. The van der Waals surface area contributed by atoms with E-state index in [0.717, 1.165) is 72.8 Å². The molecule has 2 atom stereocenters. The number of hydrogen-bond donors (Lipinski definition) is 0. The van der Waals surface area contributed by atoms with Crippen molar-refractivity contribution in [1.82, 2.24) is 4.98 Å². The molecule has 0 spiro atoms. The van der Waals surface area contributed by atoms with Gasteiger partial charge >= 0.3 is 21.1 Å². The van der Waals surface area contributed by atoms with Crippen LogP contribution >= 0.6 is 0 Å². The molecule has 0 unspecified atom stereocenters. The Hall–Kier alpha value is -4.99. The van der Waals surface area contributed by atoms with Gasteiger partial charge in [-0.05, 0) is 151 Å². The van der Waals surface area contributed by atoms with E-state index >= 15 is 0 Å². The van der Waals surface area contributed by atoms with E-state index in [1.165, 1.54) is 27.8 Å². The zero-order valence-corrected chi connectivity index (χ0v) is 43.5. The van der Waals surface area contributed by atoms with Crippen LogP contribution in [0.4, 0.5) is 17.2 Å². The summed E-state index contributed by atoms with van der Waals surface area (Å²) in [6.45, 7) is 34.9. The maximum absolute atomic E-state index is 9.47. The fourth-order valence-electron chi connectivity index (χ4n) is 11.0. The Balaban J connectivity index is 0.00000608. The number of hydrogen-bond acceptors (Lipinski definition) is 5. The average molecular weight is 1050 g/mol. The van der Waals surface area contributed by atoms with E-state index < -0.39 is 18.0 Å². The van der Waals surface area contributed by atoms with Crippen LogP contribution in [0.15, 0.2) is 77.9 Å². The van der Waals surface area contributed by atoms with Crippen molar-refractivity contribution >= 4 is 23.1 Å². The van der Waals surface area contributed by atoms with Gasteiger partial charge in [-0.3, -0.25) is 4.99 Å². The molecule has 0 amide bonds. The summed E-state index contributed by atoms with van der Waals surface area (Å²) in [5, 5.41) is 0. The van der Waals surface area contributed by atoms with Gasteiger partial charge in [0, 0.05) is 26.1 Å². The molecule has 9 rings (SSSR count). The number of rotatable bonds is 5. The van der Waals surface area contributed by atoms with Gasteiger partial charge in [-0.15, -0.1) is 23.3 Å². The Morgan fingerprint density at radius 2 is 1.45 bits per heavy atom. The standard InChI is InChI=1S/C59H65N3O2.Pt/c1-33-17-19-48-46(25-33)58(14,15)47-26-35(3)50(32-49(47)62(48)52-31-42(21-22-60-52)56(8,9)10)63-43-29-40(53-36(4)23-34(2)24-37(53)5)28-41(30-43)55-61-51-20-18-44-39(7)54(57(11,12)13)38(6)27-45(44)59(51,16)64-55;/h17,19,21-29,31,51H,18,20H2,1-16H3;/q-2;+2/t51-,59+;/m1./s1/i18D2;. The summed E-state index contributed by atoms with van der Waals surface area (Å²) in [5.74, 6) is 2.36. The minimum Gasteiger partial charge on any atom is -0.508 e. The molecule has 3 heterocycles. The smallest absolute Gasteiger partial charge is 0.508 e. The van der Waals surface area contributed by atoms with Gasteiger partial charge in [0.05, 0.1) is 6.04 Å². The van der Waals surface area contributed by atoms with Gasteiger partial charge in [-0.25, -0.2) is 4.98 Å². The predicted octanol–water partition coefficient (Wildman–Crippen LogP) is 15.0. The number of aromatic nitrogens is 1. The predicted molar refractivity (Wildman–Crippen MR) is 265 cm³/mol. The van der Waals surface area contributed by atoms with Crippen molar-refractivity contribution in [1.29, 1.82) is 0 Å². The number of fused-ring (bicyclic) bond motifs is 5. The van der Waals surface area contributed by atoms with Crippen LogP contribution in [0.25, 0.3) is 11.1 Å². The van der Waals surface area contributed by atoms with Gasteiger partial charge in [-0.1, -0.05) is 133 Å². The first-order valence-electron chi connectivity index (χ1n) is 23.9. The first-order valence-corrected chi connectivity index (χ1v) is 22.9. The monoisotopic (exact) mass is 1040 g/mol. The van der Waals surface area contributed by atoms with Gasteiger partial charge in [0.25, 0.3) is 0 Å². The van der Waals surface area contributed by atoms with E-state index in [4.69, 9.17) is 19.5 Å². The van der Waals surface area contributed by atoms with Crippen LogP contribution in [0.3, 0.4) is 0 Å². The molecule has 1 aliphatic carbocycles. The van der Waals surface area contributed by atoms with Crippen LogP contribution in [0.2, 0.25) is 0 Å². The third kappa shape index (κ3) is 7.88. The first kappa shape index (κ1) is 43.9. The van der Waals surface area contributed by atoms with Crippen molar-refractivity contribution in [2.75, 3.05) is 4.90 Å². The van der Waals surface area contributed by atoms with Crippen LogP contribution in [-0.2, 0) is 54.0 Å². The number of ether oxygens (including phenoxy) is 2. The van der Waals surface area contributed by atoms with E-state index in [1.807, 2.05) is 6.20 Å². The van der Waals surface area contributed by atoms with Crippen molar-refractivity contribution in [3.05, 3.63) is 163 Å². The van der Waals surface area contributed by atoms with E-state index in [0.29, 0.717) is 23.0 Å². The van der Waals surface area contributed by atoms with Crippen molar-refractivity contribution in [2.24, 2.45) is 4.99 Å². The normalized spacial score (nSPS) is 19.7. The average Bonchev–Trinajstić information content (AvgIpc) is 3.54. The van der Waals surface area contributed by atoms with E-state index in [-0.39, 0.29) is 43.7 Å². The molecule has 1 aromatic heterocycles. The van der Waals surface area contributed by atoms with Gasteiger partial charge < -0.3 is 14.4 Å². The third-order valence-electron chi connectivity index (χ3n) is 14.0. The second kappa shape index (κ2) is 16.1. The second-order valence-electron chi connectivity index (χ2n) is 21.6. The van der Waals surface area contributed by atoms with Crippen molar-refractivity contribution < 1.29 is 33.3 Å². The van der Waals surface area contributed by atoms with Gasteiger partial charge in [0.1, 0.15) is 17.3 Å². The molecule has 5 nitrogen and oxygen atoms in total. The van der Waals surface area contributed by atoms with Crippen LogP contribution in [-0.4, -0.2) is 16.9 Å². The second-order valence-corrected chi connectivity index (χ2v) is 21.6. The molecular weight excluding hydrogens is 978 g/mol. The third-order valence-corrected chi connectivity index (χ3v) is 14.0. The van der Waals surface area contributed by atoms with Crippen molar-refractivity contribution in [3.63, 3.8) is 0 Å². The number of anilines is 3. The molecule has 0 fully saturated rings. The molecule has 0 N–H and O–H groups in total. The Bertz CT molecular complexity index is 3020. The molecule has 6 heteroatoms. The maximum atomic E-state index is 9.47. The van der Waals surface area contributed by atoms with Crippen molar-refractivity contribution in [2.45, 2.75) is 151 Å². The number of benzene rings is 5. The Morgan fingerprint density at radius 1 is 0.754 bits per heavy atom.